The van der Waals surface area contributed by atoms with E-state index in [4.69, 9.17) is 16.9 Å². The molecule has 7 heteroatoms. The fourth-order valence-corrected chi connectivity index (χ4v) is 2.79. The molecule has 0 aliphatic carbocycles. The second-order valence-electron chi connectivity index (χ2n) is 5.41. The number of fused-ring (bicyclic) bond motifs is 1. The zero-order chi connectivity index (χ0) is 18.0. The molecular formula is C18H12ClN3O3. The first-order valence-corrected chi connectivity index (χ1v) is 7.84. The maximum absolute atomic E-state index is 12.2. The number of amides is 3. The highest BCUT2D eigenvalue weighted by molar-refractivity contribution is 6.32. The van der Waals surface area contributed by atoms with Crippen LogP contribution in [0.15, 0.2) is 42.5 Å². The highest BCUT2D eigenvalue weighted by Gasteiger charge is 2.34. The van der Waals surface area contributed by atoms with E-state index in [1.54, 1.807) is 30.3 Å². The van der Waals surface area contributed by atoms with E-state index in [1.807, 2.05) is 6.07 Å². The molecule has 25 heavy (non-hydrogen) atoms. The number of nitrogens with zero attached hydrogens (tertiary/aromatic N) is 2. The summed E-state index contributed by atoms with van der Waals surface area (Å²) in [5, 5.41) is 11.7. The Morgan fingerprint density at radius 1 is 1.12 bits per heavy atom. The van der Waals surface area contributed by atoms with Gasteiger partial charge in [0, 0.05) is 18.7 Å². The first kappa shape index (κ1) is 16.7. The zero-order valence-electron chi connectivity index (χ0n) is 13.0. The average molecular weight is 354 g/mol. The molecule has 0 saturated heterocycles. The van der Waals surface area contributed by atoms with Crippen LogP contribution in [0.2, 0.25) is 5.02 Å². The summed E-state index contributed by atoms with van der Waals surface area (Å²) in [7, 11) is 0. The fraction of sp³-hybridized carbons (Fsp3) is 0.111. The molecular weight excluding hydrogens is 342 g/mol. The summed E-state index contributed by atoms with van der Waals surface area (Å²) in [5.74, 6) is -1.15. The van der Waals surface area contributed by atoms with E-state index in [9.17, 15) is 14.4 Å². The molecule has 0 fully saturated rings. The molecule has 124 valence electrons. The highest BCUT2D eigenvalue weighted by atomic mass is 35.5. The summed E-state index contributed by atoms with van der Waals surface area (Å²) in [6.45, 7) is -0.0117. The third-order valence-electron chi connectivity index (χ3n) is 3.81. The monoisotopic (exact) mass is 353 g/mol. The zero-order valence-corrected chi connectivity index (χ0v) is 13.7. The van der Waals surface area contributed by atoms with Crippen molar-refractivity contribution in [3.05, 3.63) is 64.2 Å². The van der Waals surface area contributed by atoms with Crippen LogP contribution in [0.4, 0.5) is 5.69 Å². The van der Waals surface area contributed by atoms with Crippen molar-refractivity contribution in [2.45, 2.75) is 6.42 Å². The largest absolute Gasteiger partial charge is 0.326 e. The molecule has 1 N–H and O–H groups in total. The third kappa shape index (κ3) is 3.23. The summed E-state index contributed by atoms with van der Waals surface area (Å²) in [6, 6.07) is 13.0. The molecule has 0 saturated carbocycles. The predicted octanol–water partition coefficient (Wildman–Crippen LogP) is 2.84. The summed E-state index contributed by atoms with van der Waals surface area (Å²) in [5.41, 5.74) is 1.46. The molecule has 0 spiro atoms. The topological polar surface area (TPSA) is 90.3 Å². The molecule has 2 aromatic rings. The molecule has 3 amide bonds. The Morgan fingerprint density at radius 2 is 1.76 bits per heavy atom. The molecule has 6 nitrogen and oxygen atoms in total. The summed E-state index contributed by atoms with van der Waals surface area (Å²) >= 11 is 5.91. The van der Waals surface area contributed by atoms with Gasteiger partial charge in [-0.05, 0) is 30.3 Å². The van der Waals surface area contributed by atoms with E-state index in [0.29, 0.717) is 22.4 Å². The van der Waals surface area contributed by atoms with Gasteiger partial charge in [0.2, 0.25) is 5.91 Å². The molecule has 1 heterocycles. The third-order valence-corrected chi connectivity index (χ3v) is 4.13. The molecule has 2 aromatic carbocycles. The number of nitriles is 1. The van der Waals surface area contributed by atoms with Crippen molar-refractivity contribution in [1.82, 2.24) is 4.90 Å². The first-order valence-electron chi connectivity index (χ1n) is 7.46. The van der Waals surface area contributed by atoms with Crippen molar-refractivity contribution in [3.63, 3.8) is 0 Å². The first-order chi connectivity index (χ1) is 12.0. The van der Waals surface area contributed by atoms with E-state index < -0.39 is 11.8 Å². The van der Waals surface area contributed by atoms with Gasteiger partial charge in [0.05, 0.1) is 21.7 Å². The smallest absolute Gasteiger partial charge is 0.261 e. The molecule has 3 rings (SSSR count). The van der Waals surface area contributed by atoms with Crippen molar-refractivity contribution >= 4 is 35.0 Å². The lowest BCUT2D eigenvalue weighted by Crippen LogP contribution is -2.32. The van der Waals surface area contributed by atoms with Gasteiger partial charge in [-0.3, -0.25) is 19.3 Å². The van der Waals surface area contributed by atoms with Crippen molar-refractivity contribution in [3.8, 4) is 6.07 Å². The van der Waals surface area contributed by atoms with E-state index in [1.165, 1.54) is 12.1 Å². The van der Waals surface area contributed by atoms with Crippen LogP contribution in [-0.2, 0) is 4.79 Å². The molecule has 0 radical (unpaired) electrons. The minimum Gasteiger partial charge on any atom is -0.326 e. The lowest BCUT2D eigenvalue weighted by molar-refractivity contribution is -0.116. The Kier molecular flexibility index (Phi) is 4.50. The summed E-state index contributed by atoms with van der Waals surface area (Å²) in [6.07, 6.45) is -0.0386. The minimum absolute atomic E-state index is 0.0117. The Morgan fingerprint density at radius 3 is 2.32 bits per heavy atom. The quantitative estimate of drug-likeness (QED) is 0.856. The van der Waals surface area contributed by atoms with Crippen LogP contribution in [-0.4, -0.2) is 29.2 Å². The number of hydrogen-bond donors (Lipinski definition) is 1. The summed E-state index contributed by atoms with van der Waals surface area (Å²) < 4.78 is 0. The molecule has 0 unspecified atom stereocenters. The van der Waals surface area contributed by atoms with Crippen LogP contribution in [0, 0.1) is 11.3 Å². The van der Waals surface area contributed by atoms with Crippen LogP contribution in [0.25, 0.3) is 0 Å². The lowest BCUT2D eigenvalue weighted by Gasteiger charge is -2.13. The van der Waals surface area contributed by atoms with Crippen molar-refractivity contribution in [2.24, 2.45) is 0 Å². The van der Waals surface area contributed by atoms with Gasteiger partial charge in [-0.15, -0.1) is 0 Å². The molecule has 0 aromatic heterocycles. The van der Waals surface area contributed by atoms with Crippen LogP contribution < -0.4 is 5.32 Å². The number of hydrogen-bond acceptors (Lipinski definition) is 4. The van der Waals surface area contributed by atoms with Crippen LogP contribution >= 0.6 is 11.6 Å². The fourth-order valence-electron chi connectivity index (χ4n) is 2.56. The predicted molar refractivity (Wildman–Crippen MR) is 91.2 cm³/mol. The molecule has 0 atom stereocenters. The number of imide groups is 1. The van der Waals surface area contributed by atoms with Crippen LogP contribution in [0.1, 0.15) is 32.7 Å². The maximum atomic E-state index is 12.2. The Bertz CT molecular complexity index is 898. The standard InChI is InChI=1S/C18H12ClN3O3/c19-15-9-12(6-5-11(15)10-20)21-16(23)7-8-22-17(24)13-3-1-2-4-14(13)18(22)25/h1-6,9H,7-8H2,(H,21,23). The Balaban J connectivity index is 1.62. The van der Waals surface area contributed by atoms with Gasteiger partial charge < -0.3 is 5.32 Å². The van der Waals surface area contributed by atoms with Gasteiger partial charge in [0.1, 0.15) is 6.07 Å². The van der Waals surface area contributed by atoms with Gasteiger partial charge >= 0.3 is 0 Å². The number of rotatable bonds is 4. The number of carbonyl (C=O) groups is 3. The van der Waals surface area contributed by atoms with Crippen LogP contribution in [0.3, 0.4) is 0 Å². The second kappa shape index (κ2) is 6.75. The van der Waals surface area contributed by atoms with Gasteiger partial charge in [-0.1, -0.05) is 23.7 Å². The molecule has 1 aliphatic heterocycles. The number of carbonyl (C=O) groups excluding carboxylic acids is 3. The Hall–Kier alpha value is -3.17. The van der Waals surface area contributed by atoms with Crippen molar-refractivity contribution < 1.29 is 14.4 Å². The van der Waals surface area contributed by atoms with Gasteiger partial charge in [-0.2, -0.15) is 5.26 Å². The van der Waals surface area contributed by atoms with Crippen molar-refractivity contribution in [1.29, 1.82) is 5.26 Å². The minimum atomic E-state index is -0.394. The molecule has 1 aliphatic rings. The van der Waals surface area contributed by atoms with Gasteiger partial charge in [-0.25, -0.2) is 0 Å². The van der Waals surface area contributed by atoms with Crippen LogP contribution in [0.5, 0.6) is 0 Å². The lowest BCUT2D eigenvalue weighted by atomic mass is 10.1. The SMILES string of the molecule is N#Cc1ccc(NC(=O)CCN2C(=O)c3ccccc3C2=O)cc1Cl. The second-order valence-corrected chi connectivity index (χ2v) is 5.82. The number of benzene rings is 2. The number of nitrogens with one attached hydrogen (secondary N) is 1. The van der Waals surface area contributed by atoms with Gasteiger partial charge in [0.25, 0.3) is 11.8 Å². The van der Waals surface area contributed by atoms with E-state index >= 15 is 0 Å². The normalized spacial score (nSPS) is 12.7. The van der Waals surface area contributed by atoms with E-state index in [-0.39, 0.29) is 23.9 Å². The van der Waals surface area contributed by atoms with Crippen molar-refractivity contribution in [2.75, 3.05) is 11.9 Å². The van der Waals surface area contributed by atoms with E-state index in [0.717, 1.165) is 4.90 Å². The number of anilines is 1. The Labute approximate surface area is 148 Å². The number of halogens is 1. The maximum Gasteiger partial charge on any atom is 0.261 e. The molecule has 0 bridgehead atoms. The van der Waals surface area contributed by atoms with E-state index in [2.05, 4.69) is 5.32 Å². The summed E-state index contributed by atoms with van der Waals surface area (Å²) in [4.78, 5) is 37.6. The van der Waals surface area contributed by atoms with Gasteiger partial charge in [0.15, 0.2) is 0 Å². The highest BCUT2D eigenvalue weighted by Crippen LogP contribution is 2.23. The average Bonchev–Trinajstić information content (AvgIpc) is 2.85.